The monoisotopic (exact) mass is 769 g/mol. The Bertz CT molecular complexity index is 2390. The molecule has 2 unspecified atom stereocenters. The van der Waals surface area contributed by atoms with Crippen molar-refractivity contribution in [2.45, 2.75) is 30.1 Å². The second-order valence-electron chi connectivity index (χ2n) is 15.3. The molecule has 4 nitrogen and oxygen atoms in total. The maximum absolute atomic E-state index is 12.0. The summed E-state index contributed by atoms with van der Waals surface area (Å²) in [6.07, 6.45) is 1.24. The van der Waals surface area contributed by atoms with Gasteiger partial charge in [-0.1, -0.05) is 206 Å². The van der Waals surface area contributed by atoms with E-state index in [0.717, 1.165) is 16.9 Å². The standard InChI is InChI=1S/C55H47NO3/c1-59-51-38-34-44(35-39-51)52(40-42-32-36-50(37-33-42)56(57)58)54(41-43-20-8-2-9-21-43,53(45-22-10-3-11-23-45)46-24-12-4-13-25-46)55(47-26-14-5-15-27-47,48-28-16-6-17-29-48)49-30-18-7-19-31-49/h2-39,52-53H,40-41H2,1H3. The van der Waals surface area contributed by atoms with Crippen molar-refractivity contribution in [2.75, 3.05) is 7.11 Å². The van der Waals surface area contributed by atoms with Gasteiger partial charge in [-0.25, -0.2) is 0 Å². The minimum atomic E-state index is -0.825. The third-order valence-electron chi connectivity index (χ3n) is 12.2. The number of nitro benzene ring substituents is 1. The topological polar surface area (TPSA) is 52.4 Å². The molecule has 8 aromatic rings. The lowest BCUT2D eigenvalue weighted by Gasteiger charge is -2.60. The lowest BCUT2D eigenvalue weighted by atomic mass is 9.41. The summed E-state index contributed by atoms with van der Waals surface area (Å²) >= 11 is 0. The van der Waals surface area contributed by atoms with Crippen LogP contribution in [0.4, 0.5) is 5.69 Å². The molecule has 290 valence electrons. The zero-order chi connectivity index (χ0) is 40.5. The Morgan fingerprint density at radius 3 is 1.29 bits per heavy atom. The molecule has 0 saturated heterocycles. The van der Waals surface area contributed by atoms with Gasteiger partial charge in [-0.05, 0) is 75.4 Å². The molecule has 0 spiro atoms. The predicted octanol–water partition coefficient (Wildman–Crippen LogP) is 13.0. The molecule has 8 rings (SSSR count). The number of benzene rings is 8. The van der Waals surface area contributed by atoms with Crippen LogP contribution in [0, 0.1) is 15.5 Å². The van der Waals surface area contributed by atoms with Crippen LogP contribution in [0.25, 0.3) is 0 Å². The quantitative estimate of drug-likeness (QED) is 0.0593. The number of hydrogen-bond donors (Lipinski definition) is 0. The Hall–Kier alpha value is -7.04. The molecule has 8 aromatic carbocycles. The molecule has 0 aliphatic heterocycles. The highest BCUT2D eigenvalue weighted by Gasteiger charge is 2.62. The molecule has 0 aromatic heterocycles. The van der Waals surface area contributed by atoms with Crippen LogP contribution in [0.3, 0.4) is 0 Å². The van der Waals surface area contributed by atoms with Crippen LogP contribution in [0.5, 0.6) is 5.75 Å². The fraction of sp³-hybridized carbons (Fsp3) is 0.127. The molecule has 0 N–H and O–H groups in total. The minimum absolute atomic E-state index is 0.0731. The fourth-order valence-electron chi connectivity index (χ4n) is 9.84. The van der Waals surface area contributed by atoms with Gasteiger partial charge in [0.05, 0.1) is 17.4 Å². The molecule has 0 heterocycles. The molecule has 0 radical (unpaired) electrons. The number of nitro groups is 1. The van der Waals surface area contributed by atoms with E-state index in [2.05, 4.69) is 206 Å². The number of non-ortho nitro benzene ring substituents is 1. The van der Waals surface area contributed by atoms with Gasteiger partial charge >= 0.3 is 0 Å². The Kier molecular flexibility index (Phi) is 11.6. The summed E-state index contributed by atoms with van der Waals surface area (Å²) in [5.74, 6) is 0.344. The smallest absolute Gasteiger partial charge is 0.269 e. The van der Waals surface area contributed by atoms with E-state index in [4.69, 9.17) is 4.74 Å². The van der Waals surface area contributed by atoms with Crippen molar-refractivity contribution in [3.05, 3.63) is 285 Å². The van der Waals surface area contributed by atoms with Gasteiger partial charge in [0.25, 0.3) is 5.69 Å². The van der Waals surface area contributed by atoms with Gasteiger partial charge < -0.3 is 4.74 Å². The lowest BCUT2D eigenvalue weighted by molar-refractivity contribution is -0.384. The van der Waals surface area contributed by atoms with Crippen molar-refractivity contribution in [2.24, 2.45) is 5.41 Å². The molecule has 4 heteroatoms. The molecule has 0 saturated carbocycles. The van der Waals surface area contributed by atoms with E-state index in [9.17, 15) is 10.1 Å². The predicted molar refractivity (Wildman–Crippen MR) is 239 cm³/mol. The second kappa shape index (κ2) is 17.6. The van der Waals surface area contributed by atoms with Crippen molar-refractivity contribution in [1.82, 2.24) is 0 Å². The normalized spacial score (nSPS) is 13.0. The van der Waals surface area contributed by atoms with Crippen molar-refractivity contribution in [3.8, 4) is 5.75 Å². The molecule has 0 aliphatic rings. The van der Waals surface area contributed by atoms with E-state index in [0.29, 0.717) is 12.8 Å². The van der Waals surface area contributed by atoms with Gasteiger partial charge in [-0.2, -0.15) is 0 Å². The van der Waals surface area contributed by atoms with Crippen LogP contribution in [0.1, 0.15) is 56.3 Å². The first kappa shape index (κ1) is 38.8. The van der Waals surface area contributed by atoms with Gasteiger partial charge in [0.1, 0.15) is 5.75 Å². The molecule has 0 bridgehead atoms. The average molecular weight is 770 g/mol. The number of methoxy groups -OCH3 is 1. The zero-order valence-electron chi connectivity index (χ0n) is 33.2. The Balaban J connectivity index is 1.64. The van der Waals surface area contributed by atoms with Crippen molar-refractivity contribution in [3.63, 3.8) is 0 Å². The summed E-state index contributed by atoms with van der Waals surface area (Å²) in [7, 11) is 1.70. The number of nitrogens with zero attached hydrogens (tertiary/aromatic N) is 1. The molecule has 59 heavy (non-hydrogen) atoms. The summed E-state index contributed by atoms with van der Waals surface area (Å²) in [6, 6.07) is 81.9. The summed E-state index contributed by atoms with van der Waals surface area (Å²) in [5, 5.41) is 12.0. The number of ether oxygens (including phenoxy) is 1. The van der Waals surface area contributed by atoms with E-state index in [1.54, 1.807) is 19.2 Å². The van der Waals surface area contributed by atoms with Crippen LogP contribution in [0.2, 0.25) is 0 Å². The van der Waals surface area contributed by atoms with Crippen LogP contribution < -0.4 is 4.74 Å². The highest BCUT2D eigenvalue weighted by molar-refractivity contribution is 5.59. The second-order valence-corrected chi connectivity index (χ2v) is 15.3. The van der Waals surface area contributed by atoms with Gasteiger partial charge in [-0.3, -0.25) is 10.1 Å². The zero-order valence-corrected chi connectivity index (χ0v) is 33.2. The van der Waals surface area contributed by atoms with Crippen LogP contribution in [-0.4, -0.2) is 12.0 Å². The van der Waals surface area contributed by atoms with Gasteiger partial charge in [0.15, 0.2) is 0 Å². The minimum Gasteiger partial charge on any atom is -0.497 e. The van der Waals surface area contributed by atoms with Gasteiger partial charge in [0.2, 0.25) is 0 Å². The molecule has 0 fully saturated rings. The number of hydrogen-bond acceptors (Lipinski definition) is 3. The van der Waals surface area contributed by atoms with E-state index >= 15 is 0 Å². The average Bonchev–Trinajstić information content (AvgIpc) is 3.31. The summed E-state index contributed by atoms with van der Waals surface area (Å²) in [5.41, 5.74) is 7.76. The van der Waals surface area contributed by atoms with Crippen LogP contribution in [-0.2, 0) is 18.3 Å². The van der Waals surface area contributed by atoms with Crippen molar-refractivity contribution >= 4 is 5.69 Å². The highest BCUT2D eigenvalue weighted by Crippen LogP contribution is 2.67. The van der Waals surface area contributed by atoms with Crippen molar-refractivity contribution < 1.29 is 9.66 Å². The van der Waals surface area contributed by atoms with Crippen LogP contribution >= 0.6 is 0 Å². The largest absolute Gasteiger partial charge is 0.497 e. The third-order valence-corrected chi connectivity index (χ3v) is 12.2. The maximum atomic E-state index is 12.0. The van der Waals surface area contributed by atoms with Gasteiger partial charge in [-0.15, -0.1) is 0 Å². The molecule has 0 aliphatic carbocycles. The highest BCUT2D eigenvalue weighted by atomic mass is 16.6. The van der Waals surface area contributed by atoms with Gasteiger partial charge in [0, 0.05) is 23.5 Å². The molecule has 2 atom stereocenters. The third kappa shape index (κ3) is 7.58. The summed E-state index contributed by atoms with van der Waals surface area (Å²) in [6.45, 7) is 0. The lowest BCUT2D eigenvalue weighted by Crippen LogP contribution is -2.56. The summed E-state index contributed by atoms with van der Waals surface area (Å²) in [4.78, 5) is 11.7. The van der Waals surface area contributed by atoms with Crippen molar-refractivity contribution in [1.29, 1.82) is 0 Å². The SMILES string of the molecule is COc1ccc(C(Cc2ccc([N+](=O)[O-])cc2)C(Cc2ccccc2)(C(c2ccccc2)c2ccccc2)C(c2ccccc2)(c2ccccc2)c2ccccc2)cc1. The first-order valence-corrected chi connectivity index (χ1v) is 20.2. The molecule has 0 amide bonds. The fourth-order valence-corrected chi connectivity index (χ4v) is 9.84. The Morgan fingerprint density at radius 1 is 0.475 bits per heavy atom. The Morgan fingerprint density at radius 2 is 0.881 bits per heavy atom. The van der Waals surface area contributed by atoms with E-state index in [1.165, 1.54) is 33.4 Å². The Labute approximate surface area is 347 Å². The van der Waals surface area contributed by atoms with E-state index in [1.807, 2.05) is 12.1 Å². The first-order valence-electron chi connectivity index (χ1n) is 20.2. The van der Waals surface area contributed by atoms with E-state index < -0.39 is 10.8 Å². The summed E-state index contributed by atoms with van der Waals surface area (Å²) < 4.78 is 5.78. The molecular formula is C55H47NO3. The van der Waals surface area contributed by atoms with Crippen LogP contribution in [0.15, 0.2) is 231 Å². The number of rotatable bonds is 15. The molecular weight excluding hydrogens is 723 g/mol. The van der Waals surface area contributed by atoms with E-state index in [-0.39, 0.29) is 22.4 Å². The first-order chi connectivity index (χ1) is 29.0. The maximum Gasteiger partial charge on any atom is 0.269 e.